The van der Waals surface area contributed by atoms with E-state index in [1.807, 2.05) is 33.8 Å². The van der Waals surface area contributed by atoms with Crippen LogP contribution in [0.25, 0.3) is 0 Å². The van der Waals surface area contributed by atoms with Gasteiger partial charge in [0, 0.05) is 12.6 Å². The number of hydrogen-bond acceptors (Lipinski definition) is 4. The molecule has 0 saturated carbocycles. The van der Waals surface area contributed by atoms with Gasteiger partial charge in [0.1, 0.15) is 5.78 Å². The minimum absolute atomic E-state index is 0. The first-order valence-electron chi connectivity index (χ1n) is 6.53. The molecule has 0 aliphatic rings. The van der Waals surface area contributed by atoms with Crippen LogP contribution in [-0.4, -0.2) is 5.78 Å². The molecule has 0 spiro atoms. The Bertz CT molecular complexity index is 579. The molecule has 0 aliphatic carbocycles. The van der Waals surface area contributed by atoms with Gasteiger partial charge in [0.05, 0.1) is 0 Å². The molecule has 4 nitrogen and oxygen atoms in total. The van der Waals surface area contributed by atoms with Crippen molar-refractivity contribution in [3.05, 3.63) is 34.4 Å². The van der Waals surface area contributed by atoms with E-state index in [1.54, 1.807) is 6.07 Å². The number of hydrogen-bond donors (Lipinski definition) is 0. The van der Waals surface area contributed by atoms with Crippen molar-refractivity contribution >= 4 is 13.4 Å². The Morgan fingerprint density at radius 1 is 1.18 bits per heavy atom. The van der Waals surface area contributed by atoms with E-state index in [0.717, 1.165) is 16.7 Å². The Balaban J connectivity index is 0. The van der Waals surface area contributed by atoms with Crippen molar-refractivity contribution in [3.63, 3.8) is 0 Å². The molecule has 0 radical (unpaired) electrons. The first-order chi connectivity index (χ1) is 8.92. The van der Waals surface area contributed by atoms with Crippen molar-refractivity contribution in [3.8, 4) is 0 Å². The molecule has 0 fully saturated rings. The Labute approximate surface area is 177 Å². The number of benzene rings is 1. The summed E-state index contributed by atoms with van der Waals surface area (Å²) >= 11 is 0. The van der Waals surface area contributed by atoms with Gasteiger partial charge in [-0.1, -0.05) is 39.1 Å². The fourth-order valence-electron chi connectivity index (χ4n) is 3.07. The van der Waals surface area contributed by atoms with E-state index < -0.39 is 19.2 Å². The maximum Gasteiger partial charge on any atom is 1.00 e. The number of carbonyl (C=O) groups is 1. The molecule has 1 aromatic rings. The molecule has 0 atom stereocenters. The first kappa shape index (κ1) is 25.3. The summed E-state index contributed by atoms with van der Waals surface area (Å²) in [5.74, 6) is 0.0355. The second kappa shape index (κ2) is 9.50. The zero-order valence-corrected chi connectivity index (χ0v) is 19.5. The maximum absolute atomic E-state index is 11.4. The summed E-state index contributed by atoms with van der Waals surface area (Å²) in [4.78, 5) is 33.7. The van der Waals surface area contributed by atoms with Gasteiger partial charge in [0.2, 0.25) is 0 Å². The molecule has 0 saturated heterocycles. The van der Waals surface area contributed by atoms with Crippen LogP contribution < -0.4 is 68.9 Å². The van der Waals surface area contributed by atoms with E-state index in [0.29, 0.717) is 12.0 Å². The Morgan fingerprint density at radius 3 is 2.09 bits per heavy atom. The van der Waals surface area contributed by atoms with Gasteiger partial charge in [-0.3, -0.25) is 4.79 Å². The minimum Gasteiger partial charge on any atom is -0.810 e. The molecule has 0 bridgehead atoms. The van der Waals surface area contributed by atoms with Crippen LogP contribution in [0.2, 0.25) is 0 Å². The molecule has 112 valence electrons. The Kier molecular flexibility index (Phi) is 10.9. The van der Waals surface area contributed by atoms with Crippen LogP contribution in [0.1, 0.15) is 49.4 Å². The van der Waals surface area contributed by atoms with Gasteiger partial charge in [0.25, 0.3) is 0 Å². The van der Waals surface area contributed by atoms with Crippen molar-refractivity contribution in [1.82, 2.24) is 0 Å². The second-order valence-electron chi connectivity index (χ2n) is 6.15. The molecule has 0 amide bonds. The van der Waals surface area contributed by atoms with Crippen LogP contribution in [0.3, 0.4) is 0 Å². The molecule has 0 heterocycles. The number of carbonyl (C=O) groups excluding carboxylic acids is 1. The largest absolute Gasteiger partial charge is 1.00 e. The topological polar surface area (TPSA) is 80.3 Å². The van der Waals surface area contributed by atoms with E-state index in [2.05, 4.69) is 0 Å². The van der Waals surface area contributed by atoms with Gasteiger partial charge in [-0.2, -0.15) is 0 Å². The Hall–Kier alpha value is 1.04. The summed E-state index contributed by atoms with van der Waals surface area (Å²) < 4.78 is 11.1. The number of rotatable bonds is 5. The third-order valence-electron chi connectivity index (χ3n) is 3.29. The van der Waals surface area contributed by atoms with Crippen molar-refractivity contribution in [2.75, 3.05) is 0 Å². The number of aryl methyl sites for hydroxylation is 2. The smallest absolute Gasteiger partial charge is 0.810 e. The molecule has 0 aromatic heterocycles. The predicted octanol–water partition coefficient (Wildman–Crippen LogP) is -4.02. The second-order valence-corrected chi connectivity index (χ2v) is 7.69. The van der Waals surface area contributed by atoms with Gasteiger partial charge in [-0.05, 0) is 42.9 Å². The van der Waals surface area contributed by atoms with Crippen molar-refractivity contribution in [2.24, 2.45) is 0 Å². The maximum atomic E-state index is 11.4. The first-order valence-corrected chi connectivity index (χ1v) is 8.26. The Morgan fingerprint density at radius 2 is 1.68 bits per heavy atom. The van der Waals surface area contributed by atoms with E-state index in [4.69, 9.17) is 0 Å². The molecular weight excluding hydrogens is 321 g/mol. The van der Waals surface area contributed by atoms with Crippen LogP contribution in [0.15, 0.2) is 12.1 Å². The van der Waals surface area contributed by atoms with Gasteiger partial charge in [-0.25, -0.2) is 0 Å². The average Bonchev–Trinajstić information content (AvgIpc) is 2.08. The standard InChI is InChI=1S/C15H23O4P.2Na/c1-10-6-11(2)14(15(4,5)8-12(3)16)13(7-10)9-20(17,18)19;;/h6-7H,8-9H2,1-5H3,(H2,17,18,19);;/q;2*+1/p-2. The average molecular weight is 342 g/mol. The fourth-order valence-corrected chi connectivity index (χ4v) is 3.73. The SMILES string of the molecule is CC(=O)CC(C)(C)c1c(C)cc(C)cc1CP(=O)([O-])[O-].[Na+].[Na+]. The zero-order valence-electron chi connectivity index (χ0n) is 14.6. The molecule has 7 heteroatoms. The van der Waals surface area contributed by atoms with E-state index in [9.17, 15) is 19.1 Å². The summed E-state index contributed by atoms with van der Waals surface area (Å²) in [5, 5.41) is 0. The van der Waals surface area contributed by atoms with Crippen LogP contribution in [-0.2, 0) is 20.9 Å². The van der Waals surface area contributed by atoms with E-state index >= 15 is 0 Å². The summed E-state index contributed by atoms with van der Waals surface area (Å²) in [5.41, 5.74) is 2.65. The monoisotopic (exact) mass is 342 g/mol. The number of ketones is 1. The summed E-state index contributed by atoms with van der Waals surface area (Å²) in [7, 11) is -4.64. The van der Waals surface area contributed by atoms with Crippen molar-refractivity contribution in [1.29, 1.82) is 0 Å². The minimum atomic E-state index is -4.64. The van der Waals surface area contributed by atoms with E-state index in [1.165, 1.54) is 6.92 Å². The molecule has 1 rings (SSSR count). The van der Waals surface area contributed by atoms with Crippen LogP contribution in [0.4, 0.5) is 0 Å². The van der Waals surface area contributed by atoms with Crippen LogP contribution in [0, 0.1) is 13.8 Å². The molecule has 0 unspecified atom stereocenters. The summed E-state index contributed by atoms with van der Waals surface area (Å²) in [6, 6.07) is 3.67. The quantitative estimate of drug-likeness (QED) is 0.403. The predicted molar refractivity (Wildman–Crippen MR) is 75.6 cm³/mol. The van der Waals surface area contributed by atoms with Gasteiger partial charge >= 0.3 is 59.1 Å². The molecule has 22 heavy (non-hydrogen) atoms. The molecule has 0 aliphatic heterocycles. The van der Waals surface area contributed by atoms with Crippen molar-refractivity contribution in [2.45, 2.75) is 52.6 Å². The summed E-state index contributed by atoms with van der Waals surface area (Å²) in [6.45, 7) is 9.05. The fraction of sp³-hybridized carbons (Fsp3) is 0.533. The van der Waals surface area contributed by atoms with E-state index in [-0.39, 0.29) is 64.9 Å². The zero-order chi connectivity index (χ0) is 15.7. The van der Waals surface area contributed by atoms with Gasteiger partial charge in [-0.15, -0.1) is 0 Å². The third-order valence-corrected chi connectivity index (χ3v) is 4.02. The van der Waals surface area contributed by atoms with Gasteiger partial charge < -0.3 is 14.4 Å². The van der Waals surface area contributed by atoms with Crippen LogP contribution >= 0.6 is 7.60 Å². The molecule has 0 N–H and O–H groups in total. The van der Waals surface area contributed by atoms with Crippen LogP contribution in [0.5, 0.6) is 0 Å². The molecule has 1 aromatic carbocycles. The molecular formula is C15H21Na2O4P. The third kappa shape index (κ3) is 7.74. The van der Waals surface area contributed by atoms with Gasteiger partial charge in [0.15, 0.2) is 0 Å². The number of Topliss-reactive ketones (excluding diaryl/α,β-unsaturated/α-hetero) is 1. The normalized spacial score (nSPS) is 11.4. The summed E-state index contributed by atoms with van der Waals surface area (Å²) in [6.07, 6.45) is -0.196. The van der Waals surface area contributed by atoms with Crippen molar-refractivity contribution < 1.29 is 78.3 Å².